The van der Waals surface area contributed by atoms with Gasteiger partial charge in [-0.25, -0.2) is 4.21 Å². The molecule has 1 heterocycles. The molecule has 0 bridgehead atoms. The standard InChI is InChI=1S/C18H18N2O3S/c1-14-6-8-17(9-7-14)24(3,22)20-18(21)16-11-15(12-19-13-16)5-4-10-23-2/h6-9,11-13H,10H2,1-3H3. The quantitative estimate of drug-likeness (QED) is 0.804. The minimum Gasteiger partial charge on any atom is -0.372 e. The van der Waals surface area contributed by atoms with Crippen molar-refractivity contribution in [1.82, 2.24) is 4.98 Å². The van der Waals surface area contributed by atoms with Crippen LogP contribution in [0.3, 0.4) is 0 Å². The molecule has 0 saturated carbocycles. The lowest BCUT2D eigenvalue weighted by molar-refractivity contribution is 0.100. The molecule has 6 heteroatoms. The average molecular weight is 342 g/mol. The lowest BCUT2D eigenvalue weighted by Gasteiger charge is -2.04. The van der Waals surface area contributed by atoms with Crippen molar-refractivity contribution in [2.24, 2.45) is 4.36 Å². The van der Waals surface area contributed by atoms with Crippen molar-refractivity contribution in [3.8, 4) is 11.8 Å². The van der Waals surface area contributed by atoms with Crippen molar-refractivity contribution in [3.05, 3.63) is 59.4 Å². The summed E-state index contributed by atoms with van der Waals surface area (Å²) in [5.41, 5.74) is 1.87. The van der Waals surface area contributed by atoms with Crippen molar-refractivity contribution in [2.45, 2.75) is 11.8 Å². The first-order valence-electron chi connectivity index (χ1n) is 7.18. The Balaban J connectivity index is 2.32. The van der Waals surface area contributed by atoms with Crippen LogP contribution in [0.25, 0.3) is 0 Å². The van der Waals surface area contributed by atoms with Gasteiger partial charge in [-0.1, -0.05) is 29.5 Å². The van der Waals surface area contributed by atoms with Gasteiger partial charge in [-0.05, 0) is 25.1 Å². The molecule has 0 saturated heterocycles. The number of benzene rings is 1. The molecule has 1 amide bonds. The second kappa shape index (κ2) is 7.86. The normalized spacial score (nSPS) is 12.6. The Labute approximate surface area is 142 Å². The van der Waals surface area contributed by atoms with Gasteiger partial charge in [0.05, 0.1) is 15.3 Å². The third-order valence-corrected chi connectivity index (χ3v) is 4.81. The molecular weight excluding hydrogens is 324 g/mol. The number of rotatable bonds is 3. The minimum absolute atomic E-state index is 0.251. The molecule has 1 aromatic heterocycles. The van der Waals surface area contributed by atoms with Crippen LogP contribution in [0.5, 0.6) is 0 Å². The highest BCUT2D eigenvalue weighted by molar-refractivity contribution is 7.93. The molecule has 24 heavy (non-hydrogen) atoms. The van der Waals surface area contributed by atoms with Gasteiger partial charge in [0.25, 0.3) is 5.91 Å². The predicted molar refractivity (Wildman–Crippen MR) is 93.3 cm³/mol. The molecule has 0 fully saturated rings. The van der Waals surface area contributed by atoms with Crippen LogP contribution in [0.1, 0.15) is 21.5 Å². The van der Waals surface area contributed by atoms with Gasteiger partial charge in [0, 0.05) is 36.2 Å². The molecule has 5 nitrogen and oxygen atoms in total. The van der Waals surface area contributed by atoms with Crippen LogP contribution in [-0.4, -0.2) is 35.1 Å². The molecule has 0 aliphatic heterocycles. The average Bonchev–Trinajstić information content (AvgIpc) is 2.55. The number of amides is 1. The number of hydrogen-bond acceptors (Lipinski definition) is 4. The van der Waals surface area contributed by atoms with E-state index in [1.54, 1.807) is 31.5 Å². The summed E-state index contributed by atoms with van der Waals surface area (Å²) in [6.07, 6.45) is 4.38. The second-order valence-electron chi connectivity index (χ2n) is 5.21. The number of carbonyl (C=O) groups excluding carboxylic acids is 1. The first-order chi connectivity index (χ1) is 11.4. The number of pyridine rings is 1. The van der Waals surface area contributed by atoms with Gasteiger partial charge in [-0.15, -0.1) is 0 Å². The molecule has 0 radical (unpaired) electrons. The van der Waals surface area contributed by atoms with Crippen LogP contribution in [0, 0.1) is 18.8 Å². The Morgan fingerprint density at radius 2 is 2.00 bits per heavy atom. The van der Waals surface area contributed by atoms with Gasteiger partial charge >= 0.3 is 0 Å². The van der Waals surface area contributed by atoms with Gasteiger partial charge < -0.3 is 4.74 Å². The highest BCUT2D eigenvalue weighted by atomic mass is 32.2. The van der Waals surface area contributed by atoms with Crippen molar-refractivity contribution >= 4 is 15.6 Å². The smallest absolute Gasteiger partial charge is 0.286 e. The summed E-state index contributed by atoms with van der Waals surface area (Å²) in [5, 5.41) is 0. The van der Waals surface area contributed by atoms with E-state index in [4.69, 9.17) is 4.74 Å². The van der Waals surface area contributed by atoms with E-state index >= 15 is 0 Å². The van der Waals surface area contributed by atoms with Gasteiger partial charge in [-0.3, -0.25) is 9.78 Å². The maximum atomic E-state index is 12.7. The monoisotopic (exact) mass is 342 g/mol. The van der Waals surface area contributed by atoms with E-state index in [-0.39, 0.29) is 5.56 Å². The van der Waals surface area contributed by atoms with Crippen molar-refractivity contribution in [1.29, 1.82) is 0 Å². The van der Waals surface area contributed by atoms with E-state index in [0.29, 0.717) is 17.1 Å². The summed E-state index contributed by atoms with van der Waals surface area (Å²) in [4.78, 5) is 16.8. The minimum atomic E-state index is -2.82. The molecule has 0 aliphatic rings. The zero-order valence-electron chi connectivity index (χ0n) is 13.8. The second-order valence-corrected chi connectivity index (χ2v) is 7.47. The van der Waals surface area contributed by atoms with Gasteiger partial charge in [0.15, 0.2) is 0 Å². The Bertz CT molecular complexity index is 915. The summed E-state index contributed by atoms with van der Waals surface area (Å²) >= 11 is 0. The summed E-state index contributed by atoms with van der Waals surface area (Å²) in [7, 11) is -1.27. The van der Waals surface area contributed by atoms with Crippen LogP contribution >= 0.6 is 0 Å². The van der Waals surface area contributed by atoms with E-state index in [1.807, 2.05) is 19.1 Å². The molecule has 1 aromatic carbocycles. The number of ether oxygens (including phenoxy) is 1. The fraction of sp³-hybridized carbons (Fsp3) is 0.222. The lowest BCUT2D eigenvalue weighted by Crippen LogP contribution is -2.04. The van der Waals surface area contributed by atoms with Crippen LogP contribution in [-0.2, 0) is 14.5 Å². The van der Waals surface area contributed by atoms with E-state index in [2.05, 4.69) is 21.2 Å². The Morgan fingerprint density at radius 1 is 1.29 bits per heavy atom. The molecule has 1 unspecified atom stereocenters. The lowest BCUT2D eigenvalue weighted by atomic mass is 10.2. The van der Waals surface area contributed by atoms with Gasteiger partial charge in [0.2, 0.25) is 0 Å². The fourth-order valence-electron chi connectivity index (χ4n) is 1.89. The van der Waals surface area contributed by atoms with E-state index in [0.717, 1.165) is 5.56 Å². The zero-order valence-corrected chi connectivity index (χ0v) is 14.6. The molecule has 1 atom stereocenters. The maximum Gasteiger partial charge on any atom is 0.286 e. The molecule has 0 aliphatic carbocycles. The molecule has 124 valence electrons. The van der Waals surface area contributed by atoms with Crippen LogP contribution in [0.2, 0.25) is 0 Å². The Kier molecular flexibility index (Phi) is 5.85. The van der Waals surface area contributed by atoms with Gasteiger partial charge in [0.1, 0.15) is 6.61 Å². The molecule has 2 rings (SSSR count). The predicted octanol–water partition coefficient (Wildman–Crippen LogP) is 2.69. The van der Waals surface area contributed by atoms with Crippen LogP contribution in [0.4, 0.5) is 0 Å². The van der Waals surface area contributed by atoms with E-state index in [9.17, 15) is 9.00 Å². The van der Waals surface area contributed by atoms with Gasteiger partial charge in [-0.2, -0.15) is 4.36 Å². The highest BCUT2D eigenvalue weighted by Gasteiger charge is 2.12. The summed E-state index contributed by atoms with van der Waals surface area (Å²) < 4.78 is 21.5. The third-order valence-electron chi connectivity index (χ3n) is 3.15. The maximum absolute atomic E-state index is 12.7. The van der Waals surface area contributed by atoms with E-state index in [1.165, 1.54) is 12.5 Å². The number of aryl methyl sites for hydroxylation is 1. The number of aromatic nitrogens is 1. The van der Waals surface area contributed by atoms with Crippen LogP contribution in [0.15, 0.2) is 52.0 Å². The van der Waals surface area contributed by atoms with Crippen molar-refractivity contribution < 1.29 is 13.7 Å². The summed E-state index contributed by atoms with van der Waals surface area (Å²) in [5.74, 6) is 5.05. The number of nitrogens with zero attached hydrogens (tertiary/aromatic N) is 2. The largest absolute Gasteiger partial charge is 0.372 e. The number of methoxy groups -OCH3 is 1. The van der Waals surface area contributed by atoms with Crippen LogP contribution < -0.4 is 0 Å². The highest BCUT2D eigenvalue weighted by Crippen LogP contribution is 2.14. The first kappa shape index (κ1) is 17.9. The summed E-state index contributed by atoms with van der Waals surface area (Å²) in [6.45, 7) is 2.23. The topological polar surface area (TPSA) is 68.6 Å². The SMILES string of the molecule is COCC#Cc1cncc(C(=O)N=S(C)(=O)c2ccc(C)cc2)c1. The first-order valence-corrected chi connectivity index (χ1v) is 9.11. The number of hydrogen-bond donors (Lipinski definition) is 0. The van der Waals surface area contributed by atoms with Crippen molar-refractivity contribution in [2.75, 3.05) is 20.0 Å². The fourth-order valence-corrected chi connectivity index (χ4v) is 3.06. The third kappa shape index (κ3) is 4.75. The summed E-state index contributed by atoms with van der Waals surface area (Å²) in [6, 6.07) is 8.70. The van der Waals surface area contributed by atoms with Crippen molar-refractivity contribution in [3.63, 3.8) is 0 Å². The van der Waals surface area contributed by atoms with E-state index < -0.39 is 15.6 Å². The molecule has 2 aromatic rings. The Hall–Kier alpha value is -2.49. The Morgan fingerprint density at radius 3 is 2.67 bits per heavy atom. The molecule has 0 N–H and O–H groups in total. The molecular formula is C18H18N2O3S. The zero-order chi connectivity index (χ0) is 17.6. The number of carbonyl (C=O) groups is 1. The molecule has 0 spiro atoms.